The highest BCUT2D eigenvalue weighted by Gasteiger charge is 2.96. The second kappa shape index (κ2) is 4.75. The van der Waals surface area contributed by atoms with Crippen LogP contribution in [-0.4, -0.2) is 26.0 Å². The highest BCUT2D eigenvalue weighted by atomic mass is 79.9. The van der Waals surface area contributed by atoms with Gasteiger partial charge in [0.05, 0.1) is 16.6 Å². The van der Waals surface area contributed by atoms with Gasteiger partial charge in [-0.2, -0.15) is 10.5 Å². The van der Waals surface area contributed by atoms with Gasteiger partial charge in [-0.15, -0.1) is 0 Å². The van der Waals surface area contributed by atoms with Crippen molar-refractivity contribution in [3.05, 3.63) is 34.1 Å². The molecule has 6 nitrogen and oxygen atoms in total. The zero-order valence-electron chi connectivity index (χ0n) is 12.4. The van der Waals surface area contributed by atoms with Gasteiger partial charge >= 0.3 is 5.91 Å². The zero-order chi connectivity index (χ0) is 17.0. The summed E-state index contributed by atoms with van der Waals surface area (Å²) in [5.41, 5.74) is 3.95. The summed E-state index contributed by atoms with van der Waals surface area (Å²) in [5.74, 6) is -2.48. The van der Waals surface area contributed by atoms with E-state index in [1.807, 2.05) is 0 Å². The molecule has 1 saturated carbocycles. The predicted molar refractivity (Wildman–Crippen MR) is 79.8 cm³/mol. The van der Waals surface area contributed by atoms with Crippen LogP contribution in [-0.2, 0) is 9.47 Å². The number of nitrogens with zero attached hydrogens (tertiary/aromatic N) is 2. The third-order valence-corrected chi connectivity index (χ3v) is 5.46. The number of nitriles is 2. The Kier molecular flexibility index (Phi) is 3.28. The molecule has 0 unspecified atom stereocenters. The molecule has 0 spiro atoms. The summed E-state index contributed by atoms with van der Waals surface area (Å²) in [5, 5.41) is 19.7. The van der Waals surface area contributed by atoms with Crippen LogP contribution in [0, 0.1) is 39.3 Å². The van der Waals surface area contributed by atoms with Crippen LogP contribution in [0.25, 0.3) is 0 Å². The molecule has 0 radical (unpaired) electrons. The van der Waals surface area contributed by atoms with Gasteiger partial charge in [-0.25, -0.2) is 9.38 Å². The summed E-state index contributed by atoms with van der Waals surface area (Å²) in [6.07, 6.45) is 0. The number of nitrogens with one attached hydrogen (secondary N) is 1. The van der Waals surface area contributed by atoms with E-state index < -0.39 is 28.5 Å². The molecule has 0 aromatic heterocycles. The molecule has 1 aliphatic heterocycles. The van der Waals surface area contributed by atoms with Crippen molar-refractivity contribution in [3.63, 3.8) is 0 Å². The Morgan fingerprint density at radius 1 is 1.30 bits per heavy atom. The summed E-state index contributed by atoms with van der Waals surface area (Å²) in [7, 11) is 2.73. The fraction of sp³-hybridized carbons (Fsp3) is 0.400. The molecule has 1 fully saturated rings. The summed E-state index contributed by atoms with van der Waals surface area (Å²) in [6.45, 7) is 0. The van der Waals surface area contributed by atoms with Crippen molar-refractivity contribution in [2.24, 2.45) is 16.6 Å². The van der Waals surface area contributed by atoms with Crippen molar-refractivity contribution >= 4 is 21.8 Å². The number of ether oxygens (including phenoxy) is 2. The zero-order valence-corrected chi connectivity index (χ0v) is 13.9. The van der Waals surface area contributed by atoms with Gasteiger partial charge in [-0.1, -0.05) is 6.07 Å². The summed E-state index contributed by atoms with van der Waals surface area (Å²) >= 11 is 3.12. The maximum Gasteiger partial charge on any atom is 0.342 e. The van der Waals surface area contributed by atoms with Crippen LogP contribution in [0.5, 0.6) is 0 Å². The first-order chi connectivity index (χ1) is 10.9. The van der Waals surface area contributed by atoms with Crippen molar-refractivity contribution in [1.82, 2.24) is 0 Å². The molecule has 1 aromatic carbocycles. The summed E-state index contributed by atoms with van der Waals surface area (Å²) in [6, 6.07) is 8.66. The first-order valence-electron chi connectivity index (χ1n) is 6.69. The third kappa shape index (κ3) is 1.49. The van der Waals surface area contributed by atoms with Crippen LogP contribution < -0.4 is 10.7 Å². The van der Waals surface area contributed by atoms with Gasteiger partial charge in [0.2, 0.25) is 0 Å². The van der Waals surface area contributed by atoms with Gasteiger partial charge < -0.3 is 9.47 Å². The molecule has 1 aliphatic carbocycles. The normalized spacial score (nSPS) is 33.3. The summed E-state index contributed by atoms with van der Waals surface area (Å²) in [4.78, 5) is 2.79. The minimum absolute atomic E-state index is 0.107. The number of nitrogens with two attached hydrogens (primary N) is 1. The van der Waals surface area contributed by atoms with Crippen LogP contribution in [0.3, 0.4) is 0 Å². The molecule has 3 atom stereocenters. The lowest BCUT2D eigenvalue weighted by atomic mass is 9.93. The Bertz CT molecular complexity index is 811. The molecule has 1 heterocycles. The Balaban J connectivity index is 2.25. The largest absolute Gasteiger partial charge is 0.342 e. The van der Waals surface area contributed by atoms with Gasteiger partial charge in [0.25, 0.3) is 5.84 Å². The number of halogens is 2. The maximum atomic E-state index is 13.5. The van der Waals surface area contributed by atoms with Gasteiger partial charge in [0, 0.05) is 20.1 Å². The van der Waals surface area contributed by atoms with E-state index in [0.717, 1.165) is 0 Å². The van der Waals surface area contributed by atoms with E-state index in [1.54, 1.807) is 6.07 Å². The van der Waals surface area contributed by atoms with Crippen molar-refractivity contribution in [1.29, 1.82) is 10.5 Å². The minimum Gasteiger partial charge on any atom is -0.317 e. The molecule has 118 valence electrons. The van der Waals surface area contributed by atoms with Crippen LogP contribution >= 0.6 is 15.9 Å². The first-order valence-corrected chi connectivity index (χ1v) is 7.49. The van der Waals surface area contributed by atoms with Gasteiger partial charge in [-0.3, -0.25) is 5.73 Å². The molecule has 3 N–H and O–H groups in total. The summed E-state index contributed by atoms with van der Waals surface area (Å²) < 4.78 is 24.6. The molecule has 0 saturated heterocycles. The van der Waals surface area contributed by atoms with Crippen LogP contribution in [0.1, 0.15) is 11.5 Å². The molecule has 1 aromatic rings. The number of benzene rings is 1. The highest BCUT2D eigenvalue weighted by Crippen LogP contribution is 2.78. The third-order valence-electron chi connectivity index (χ3n) is 4.85. The van der Waals surface area contributed by atoms with E-state index in [2.05, 4.69) is 33.1 Å². The Morgan fingerprint density at radius 3 is 2.43 bits per heavy atom. The number of methoxy groups -OCH3 is 2. The van der Waals surface area contributed by atoms with Crippen LogP contribution in [0.2, 0.25) is 0 Å². The van der Waals surface area contributed by atoms with Crippen LogP contribution in [0.4, 0.5) is 4.39 Å². The van der Waals surface area contributed by atoms with Crippen molar-refractivity contribution in [2.75, 3.05) is 14.2 Å². The molecule has 8 heteroatoms. The molecule has 2 aliphatic rings. The molecule has 0 amide bonds. The Labute approximate surface area is 140 Å². The smallest absolute Gasteiger partial charge is 0.317 e. The van der Waals surface area contributed by atoms with Crippen molar-refractivity contribution < 1.29 is 18.9 Å². The van der Waals surface area contributed by atoms with Gasteiger partial charge in [0.1, 0.15) is 5.82 Å². The average molecular weight is 380 g/mol. The lowest BCUT2D eigenvalue weighted by Gasteiger charge is -2.26. The first kappa shape index (κ1) is 15.9. The van der Waals surface area contributed by atoms with Crippen molar-refractivity contribution in [2.45, 2.75) is 11.8 Å². The monoisotopic (exact) mass is 379 g/mol. The lowest BCUT2D eigenvalue weighted by molar-refractivity contribution is -0.687. The predicted octanol–water partition coefficient (Wildman–Crippen LogP) is 0.103. The van der Waals surface area contributed by atoms with Crippen LogP contribution in [0.15, 0.2) is 22.7 Å². The second-order valence-electron chi connectivity index (χ2n) is 5.51. The van der Waals surface area contributed by atoms with E-state index in [4.69, 9.17) is 15.2 Å². The van der Waals surface area contributed by atoms with E-state index >= 15 is 0 Å². The second-order valence-corrected chi connectivity index (χ2v) is 6.36. The number of hydrogen-bond donors (Lipinski definition) is 2. The molecule has 0 bridgehead atoms. The molecular formula is C15H13BrFN4O2+. The van der Waals surface area contributed by atoms with Gasteiger partial charge in [-0.05, 0) is 33.6 Å². The molecule has 3 rings (SSSR count). The minimum atomic E-state index is -1.55. The average Bonchev–Trinajstić information content (AvgIpc) is 3.13. The standard InChI is InChI=1S/C15H12BrFN4O2/c1-22-15(23-2)14(7-19)11(13(14,6-18)12(20)21-15)8-3-4-10(17)9(16)5-8/h3-5,11H,1-2H3,(H2,20,21)/p+1/t11-,13+,14+/m0/s1. The van der Waals surface area contributed by atoms with Gasteiger partial charge in [0.15, 0.2) is 10.8 Å². The van der Waals surface area contributed by atoms with Crippen molar-refractivity contribution in [3.8, 4) is 12.1 Å². The number of amidine groups is 1. The Hall–Kier alpha value is -2.00. The Morgan fingerprint density at radius 2 is 1.96 bits per heavy atom. The topological polar surface area (TPSA) is 106 Å². The van der Waals surface area contributed by atoms with E-state index in [-0.39, 0.29) is 10.3 Å². The highest BCUT2D eigenvalue weighted by molar-refractivity contribution is 9.10. The lowest BCUT2D eigenvalue weighted by Crippen LogP contribution is -2.90. The number of rotatable bonds is 3. The van der Waals surface area contributed by atoms with E-state index in [1.165, 1.54) is 26.4 Å². The van der Waals surface area contributed by atoms with E-state index in [9.17, 15) is 14.9 Å². The SMILES string of the molecule is COC1(OC)[NH+]=C(N)[C@@]2(C#N)[C@H](c3ccc(F)c(Br)c3)[C@@]12C#N. The molecule has 23 heavy (non-hydrogen) atoms. The fourth-order valence-corrected chi connectivity index (χ4v) is 4.20. The number of hydrogen-bond acceptors (Lipinski definition) is 5. The quantitative estimate of drug-likeness (QED) is 0.724. The molecular weight excluding hydrogens is 367 g/mol. The maximum absolute atomic E-state index is 13.5. The van der Waals surface area contributed by atoms with E-state index in [0.29, 0.717) is 5.56 Å². The fourth-order valence-electron chi connectivity index (χ4n) is 3.81. The number of fused-ring (bicyclic) bond motifs is 1.